The summed E-state index contributed by atoms with van der Waals surface area (Å²) in [6, 6.07) is 2.23. The van der Waals surface area contributed by atoms with Crippen LogP contribution in [-0.2, 0) is 9.53 Å². The third-order valence-corrected chi connectivity index (χ3v) is 5.29. The highest BCUT2D eigenvalue weighted by Crippen LogP contribution is 2.27. The molecule has 24 heavy (non-hydrogen) atoms. The second-order valence-corrected chi connectivity index (χ2v) is 7.95. The van der Waals surface area contributed by atoms with Gasteiger partial charge in [-0.1, -0.05) is 11.8 Å². The average molecular weight is 347 g/mol. The molecule has 1 aromatic heterocycles. The van der Waals surface area contributed by atoms with E-state index in [1.54, 1.807) is 0 Å². The van der Waals surface area contributed by atoms with E-state index in [-0.39, 0.29) is 23.4 Å². The maximum absolute atomic E-state index is 12.6. The number of ether oxygens (including phenoxy) is 1. The number of hydrogen-bond acceptors (Lipinski definition) is 5. The van der Waals surface area contributed by atoms with Crippen molar-refractivity contribution in [1.29, 1.82) is 5.26 Å². The van der Waals surface area contributed by atoms with E-state index in [1.165, 1.54) is 11.8 Å². The SMILES string of the molecule is Cc1nc(SCC(=O)N2CC(C)OC(C)(C)C2)c(C#N)c(C)c1C. The molecule has 0 spiro atoms. The monoisotopic (exact) mass is 347 g/mol. The lowest BCUT2D eigenvalue weighted by atomic mass is 10.1. The second-order valence-electron chi connectivity index (χ2n) is 6.99. The van der Waals surface area contributed by atoms with Crippen LogP contribution in [0, 0.1) is 32.1 Å². The molecule has 1 unspecified atom stereocenters. The highest BCUT2D eigenvalue weighted by molar-refractivity contribution is 8.00. The van der Waals surface area contributed by atoms with Crippen LogP contribution in [0.1, 0.15) is 43.2 Å². The molecule has 0 N–H and O–H groups in total. The van der Waals surface area contributed by atoms with Gasteiger partial charge in [0.15, 0.2) is 0 Å². The Morgan fingerprint density at radius 1 is 1.42 bits per heavy atom. The van der Waals surface area contributed by atoms with Crippen molar-refractivity contribution in [3.05, 3.63) is 22.4 Å². The van der Waals surface area contributed by atoms with E-state index in [4.69, 9.17) is 4.74 Å². The Kier molecular flexibility index (Phi) is 5.56. The van der Waals surface area contributed by atoms with E-state index in [2.05, 4.69) is 11.1 Å². The van der Waals surface area contributed by atoms with E-state index in [9.17, 15) is 10.1 Å². The van der Waals surface area contributed by atoms with Crippen LogP contribution in [0.5, 0.6) is 0 Å². The van der Waals surface area contributed by atoms with Gasteiger partial charge in [-0.15, -0.1) is 0 Å². The minimum Gasteiger partial charge on any atom is -0.369 e. The third kappa shape index (κ3) is 4.08. The minimum atomic E-state index is -0.328. The molecular formula is C18H25N3O2S. The molecule has 1 fully saturated rings. The summed E-state index contributed by atoms with van der Waals surface area (Å²) in [6.45, 7) is 13.0. The van der Waals surface area contributed by atoms with Gasteiger partial charge in [0.05, 0.1) is 23.0 Å². The Morgan fingerprint density at radius 3 is 2.67 bits per heavy atom. The largest absolute Gasteiger partial charge is 0.369 e. The summed E-state index contributed by atoms with van der Waals surface area (Å²) in [4.78, 5) is 18.9. The molecule has 0 radical (unpaired) electrons. The van der Waals surface area contributed by atoms with Crippen molar-refractivity contribution in [2.45, 2.75) is 58.3 Å². The number of aryl methyl sites for hydroxylation is 1. The van der Waals surface area contributed by atoms with Gasteiger partial charge in [-0.3, -0.25) is 4.79 Å². The van der Waals surface area contributed by atoms with Crippen molar-refractivity contribution in [3.8, 4) is 6.07 Å². The van der Waals surface area contributed by atoms with Gasteiger partial charge >= 0.3 is 0 Å². The first-order chi connectivity index (χ1) is 11.1. The first-order valence-corrected chi connectivity index (χ1v) is 9.09. The molecule has 2 rings (SSSR count). The van der Waals surface area contributed by atoms with Crippen LogP contribution in [0.4, 0.5) is 0 Å². The third-order valence-electron chi connectivity index (χ3n) is 4.33. The predicted molar refractivity (Wildman–Crippen MR) is 95.1 cm³/mol. The van der Waals surface area contributed by atoms with Crippen LogP contribution in [0.3, 0.4) is 0 Å². The quantitative estimate of drug-likeness (QED) is 0.786. The van der Waals surface area contributed by atoms with Crippen LogP contribution in [0.15, 0.2) is 5.03 Å². The summed E-state index contributed by atoms with van der Waals surface area (Å²) >= 11 is 1.35. The highest BCUT2D eigenvalue weighted by atomic mass is 32.2. The molecule has 0 bridgehead atoms. The molecule has 1 atom stereocenters. The van der Waals surface area contributed by atoms with Crippen molar-refractivity contribution in [2.24, 2.45) is 0 Å². The predicted octanol–water partition coefficient (Wildman–Crippen LogP) is 3.00. The zero-order valence-corrected chi connectivity index (χ0v) is 16.1. The number of rotatable bonds is 3. The van der Waals surface area contributed by atoms with E-state index in [0.717, 1.165) is 16.8 Å². The molecule has 5 nitrogen and oxygen atoms in total. The maximum atomic E-state index is 12.6. The fraction of sp³-hybridized carbons (Fsp3) is 0.611. The van der Waals surface area contributed by atoms with Crippen LogP contribution >= 0.6 is 11.8 Å². The topological polar surface area (TPSA) is 66.2 Å². The van der Waals surface area contributed by atoms with Crippen molar-refractivity contribution >= 4 is 17.7 Å². The average Bonchev–Trinajstić information content (AvgIpc) is 2.48. The van der Waals surface area contributed by atoms with Gasteiger partial charge in [-0.2, -0.15) is 5.26 Å². The van der Waals surface area contributed by atoms with Crippen molar-refractivity contribution < 1.29 is 9.53 Å². The molecule has 1 aliphatic rings. The lowest BCUT2D eigenvalue weighted by molar-refractivity contribution is -0.155. The molecule has 2 heterocycles. The Labute approximate surface area is 148 Å². The summed E-state index contributed by atoms with van der Waals surface area (Å²) in [6.07, 6.45) is 0.0272. The Hall–Kier alpha value is -1.58. The molecule has 6 heteroatoms. The Balaban J connectivity index is 2.11. The molecular weight excluding hydrogens is 322 g/mol. The van der Waals surface area contributed by atoms with E-state index < -0.39 is 0 Å². The number of hydrogen-bond donors (Lipinski definition) is 0. The lowest BCUT2D eigenvalue weighted by Crippen LogP contribution is -2.54. The first-order valence-electron chi connectivity index (χ1n) is 8.11. The fourth-order valence-electron chi connectivity index (χ4n) is 3.01. The van der Waals surface area contributed by atoms with Crippen LogP contribution in [0.25, 0.3) is 0 Å². The molecule has 1 amide bonds. The molecule has 0 aromatic carbocycles. The number of amides is 1. The summed E-state index contributed by atoms with van der Waals surface area (Å²) in [5, 5.41) is 10.1. The molecule has 130 valence electrons. The highest BCUT2D eigenvalue weighted by Gasteiger charge is 2.33. The standard InChI is InChI=1S/C18H25N3O2S/c1-11-8-21(10-18(5,6)23-11)16(22)9-24-17-15(7-19)13(3)12(2)14(4)20-17/h11H,8-10H2,1-6H3. The van der Waals surface area contributed by atoms with Crippen LogP contribution in [-0.4, -0.2) is 46.3 Å². The number of nitrogens with zero attached hydrogens (tertiary/aromatic N) is 3. The second kappa shape index (κ2) is 7.12. The smallest absolute Gasteiger partial charge is 0.233 e. The number of morpholine rings is 1. The zero-order valence-electron chi connectivity index (χ0n) is 15.3. The Morgan fingerprint density at radius 2 is 2.08 bits per heavy atom. The molecule has 0 saturated carbocycles. The summed E-state index contributed by atoms with van der Waals surface area (Å²) in [7, 11) is 0. The van der Waals surface area contributed by atoms with Crippen LogP contribution in [0.2, 0.25) is 0 Å². The van der Waals surface area contributed by atoms with E-state index in [1.807, 2.05) is 46.4 Å². The molecule has 1 saturated heterocycles. The van der Waals surface area contributed by atoms with Crippen LogP contribution < -0.4 is 0 Å². The van der Waals surface area contributed by atoms with Crippen molar-refractivity contribution in [2.75, 3.05) is 18.8 Å². The van der Waals surface area contributed by atoms with Gasteiger partial charge in [0.1, 0.15) is 11.1 Å². The van der Waals surface area contributed by atoms with Gasteiger partial charge < -0.3 is 9.64 Å². The van der Waals surface area contributed by atoms with Crippen molar-refractivity contribution in [1.82, 2.24) is 9.88 Å². The van der Waals surface area contributed by atoms with Gasteiger partial charge in [0.2, 0.25) is 5.91 Å². The maximum Gasteiger partial charge on any atom is 0.233 e. The molecule has 1 aromatic rings. The first kappa shape index (κ1) is 18.8. The number of carbonyl (C=O) groups excluding carboxylic acids is 1. The molecule has 0 aliphatic carbocycles. The van der Waals surface area contributed by atoms with Gasteiger partial charge in [0.25, 0.3) is 0 Å². The Bertz CT molecular complexity index is 694. The summed E-state index contributed by atoms with van der Waals surface area (Å²) in [5.74, 6) is 0.344. The number of thioether (sulfide) groups is 1. The fourth-order valence-corrected chi connectivity index (χ4v) is 4.00. The lowest BCUT2D eigenvalue weighted by Gasteiger charge is -2.41. The summed E-state index contributed by atoms with van der Waals surface area (Å²) < 4.78 is 5.84. The van der Waals surface area contributed by atoms with E-state index >= 15 is 0 Å². The minimum absolute atomic E-state index is 0.0272. The van der Waals surface area contributed by atoms with Crippen molar-refractivity contribution in [3.63, 3.8) is 0 Å². The number of aromatic nitrogens is 1. The number of carbonyl (C=O) groups is 1. The normalized spacial score (nSPS) is 19.9. The number of pyridine rings is 1. The van der Waals surface area contributed by atoms with Gasteiger partial charge in [0, 0.05) is 18.8 Å². The zero-order chi connectivity index (χ0) is 18.1. The van der Waals surface area contributed by atoms with Gasteiger partial charge in [-0.05, 0) is 52.7 Å². The van der Waals surface area contributed by atoms with Gasteiger partial charge in [-0.25, -0.2) is 4.98 Å². The molecule has 1 aliphatic heterocycles. The van der Waals surface area contributed by atoms with E-state index in [0.29, 0.717) is 23.7 Å². The number of nitriles is 1. The summed E-state index contributed by atoms with van der Waals surface area (Å²) in [5.41, 5.74) is 3.13.